The lowest BCUT2D eigenvalue weighted by Crippen LogP contribution is -2.40. The van der Waals surface area contributed by atoms with Crippen molar-refractivity contribution >= 4 is 0 Å². The van der Waals surface area contributed by atoms with Crippen LogP contribution in [0, 0.1) is 5.92 Å². The van der Waals surface area contributed by atoms with Crippen molar-refractivity contribution in [3.63, 3.8) is 0 Å². The Morgan fingerprint density at radius 1 is 1.64 bits per heavy atom. The topological polar surface area (TPSA) is 12.0 Å². The summed E-state index contributed by atoms with van der Waals surface area (Å²) in [6.45, 7) is 9.54. The highest BCUT2D eigenvalue weighted by Crippen LogP contribution is 2.21. The molecule has 1 nitrogen and oxygen atoms in total. The first-order valence-corrected chi connectivity index (χ1v) is 4.55. The van der Waals surface area contributed by atoms with E-state index < -0.39 is 0 Å². The molecule has 1 fully saturated rings. The maximum atomic E-state index is 3.86. The maximum Gasteiger partial charge on any atom is 0.0333 e. The lowest BCUT2D eigenvalue weighted by Gasteiger charge is -2.25. The average Bonchev–Trinajstić information content (AvgIpc) is 2.15. The van der Waals surface area contributed by atoms with Crippen LogP contribution in [-0.2, 0) is 0 Å². The Labute approximate surface area is 69.9 Å². The van der Waals surface area contributed by atoms with Gasteiger partial charge in [-0.15, -0.1) is 6.58 Å². The molecular weight excluding hydrogens is 134 g/mol. The first-order valence-electron chi connectivity index (χ1n) is 4.55. The molecule has 0 spiro atoms. The van der Waals surface area contributed by atoms with Crippen LogP contribution in [0.4, 0.5) is 0 Å². The number of rotatable bonds is 1. The molecule has 0 amide bonds. The molecule has 2 atom stereocenters. The summed E-state index contributed by atoms with van der Waals surface area (Å²) in [6.07, 6.45) is 5.97. The Hall–Kier alpha value is -0.300. The standard InChI is InChI=1S/C10H19N/c1-4-10(3)7-5-6-9(2)8-11-10/h4,9,11H,1,5-8H2,2-3H3. The fourth-order valence-electron chi connectivity index (χ4n) is 1.59. The van der Waals surface area contributed by atoms with Gasteiger partial charge in [-0.05, 0) is 32.2 Å². The van der Waals surface area contributed by atoms with E-state index in [0.717, 1.165) is 12.5 Å². The monoisotopic (exact) mass is 153 g/mol. The van der Waals surface area contributed by atoms with Crippen LogP contribution in [0.25, 0.3) is 0 Å². The summed E-state index contributed by atoms with van der Waals surface area (Å²) in [4.78, 5) is 0. The fraction of sp³-hybridized carbons (Fsp3) is 0.800. The van der Waals surface area contributed by atoms with Crippen LogP contribution in [-0.4, -0.2) is 12.1 Å². The summed E-state index contributed by atoms with van der Waals surface area (Å²) in [5.74, 6) is 0.830. The van der Waals surface area contributed by atoms with Crippen LogP contribution in [0.2, 0.25) is 0 Å². The SMILES string of the molecule is C=CC1(C)CCCC(C)CN1. The van der Waals surface area contributed by atoms with Crippen LogP contribution in [0.5, 0.6) is 0 Å². The van der Waals surface area contributed by atoms with E-state index in [1.807, 2.05) is 6.08 Å². The van der Waals surface area contributed by atoms with Gasteiger partial charge in [-0.2, -0.15) is 0 Å². The quantitative estimate of drug-likeness (QED) is 0.570. The Morgan fingerprint density at radius 2 is 2.36 bits per heavy atom. The molecule has 64 valence electrons. The molecule has 1 heterocycles. The second-order valence-corrected chi connectivity index (χ2v) is 4.00. The molecule has 0 radical (unpaired) electrons. The summed E-state index contributed by atoms with van der Waals surface area (Å²) >= 11 is 0. The van der Waals surface area contributed by atoms with Crippen molar-refractivity contribution in [1.82, 2.24) is 5.32 Å². The second kappa shape index (κ2) is 3.40. The molecule has 1 N–H and O–H groups in total. The van der Waals surface area contributed by atoms with Gasteiger partial charge in [-0.3, -0.25) is 0 Å². The predicted octanol–water partition coefficient (Wildman–Crippen LogP) is 2.34. The van der Waals surface area contributed by atoms with Crippen molar-refractivity contribution in [1.29, 1.82) is 0 Å². The van der Waals surface area contributed by atoms with E-state index in [2.05, 4.69) is 25.7 Å². The van der Waals surface area contributed by atoms with E-state index in [-0.39, 0.29) is 5.54 Å². The van der Waals surface area contributed by atoms with Gasteiger partial charge in [-0.25, -0.2) is 0 Å². The molecule has 0 aromatic rings. The number of nitrogens with one attached hydrogen (secondary N) is 1. The Kier molecular flexibility index (Phi) is 2.72. The third-order valence-corrected chi connectivity index (χ3v) is 2.70. The maximum absolute atomic E-state index is 3.86. The van der Waals surface area contributed by atoms with Gasteiger partial charge in [-0.1, -0.05) is 19.4 Å². The van der Waals surface area contributed by atoms with Gasteiger partial charge >= 0.3 is 0 Å². The van der Waals surface area contributed by atoms with Crippen molar-refractivity contribution in [2.24, 2.45) is 5.92 Å². The molecule has 0 bridgehead atoms. The zero-order chi connectivity index (χ0) is 8.32. The normalized spacial score (nSPS) is 39.6. The first kappa shape index (κ1) is 8.79. The molecule has 1 aliphatic rings. The van der Waals surface area contributed by atoms with Crippen molar-refractivity contribution < 1.29 is 0 Å². The highest BCUT2D eigenvalue weighted by atomic mass is 15.0. The molecule has 0 aromatic heterocycles. The van der Waals surface area contributed by atoms with Gasteiger partial charge in [0.25, 0.3) is 0 Å². The molecule has 11 heavy (non-hydrogen) atoms. The van der Waals surface area contributed by atoms with E-state index in [4.69, 9.17) is 0 Å². The minimum absolute atomic E-state index is 0.199. The lowest BCUT2D eigenvalue weighted by atomic mass is 9.96. The van der Waals surface area contributed by atoms with Crippen molar-refractivity contribution in [2.75, 3.05) is 6.54 Å². The minimum Gasteiger partial charge on any atom is -0.308 e. The van der Waals surface area contributed by atoms with Gasteiger partial charge in [0, 0.05) is 5.54 Å². The summed E-state index contributed by atoms with van der Waals surface area (Å²) in [7, 11) is 0. The van der Waals surface area contributed by atoms with Crippen LogP contribution in [0.1, 0.15) is 33.1 Å². The average molecular weight is 153 g/mol. The summed E-state index contributed by atoms with van der Waals surface area (Å²) < 4.78 is 0. The van der Waals surface area contributed by atoms with Crippen molar-refractivity contribution in [3.8, 4) is 0 Å². The lowest BCUT2D eigenvalue weighted by molar-refractivity contribution is 0.421. The molecular formula is C10H19N. The zero-order valence-corrected chi connectivity index (χ0v) is 7.69. The molecule has 1 saturated heterocycles. The Balaban J connectivity index is 2.51. The summed E-state index contributed by atoms with van der Waals surface area (Å²) in [6, 6.07) is 0. The van der Waals surface area contributed by atoms with E-state index in [0.29, 0.717) is 0 Å². The third-order valence-electron chi connectivity index (χ3n) is 2.70. The highest BCUT2D eigenvalue weighted by Gasteiger charge is 2.22. The van der Waals surface area contributed by atoms with Gasteiger partial charge < -0.3 is 5.32 Å². The predicted molar refractivity (Wildman–Crippen MR) is 49.6 cm³/mol. The molecule has 1 aliphatic heterocycles. The molecule has 1 heteroatoms. The van der Waals surface area contributed by atoms with Crippen LogP contribution >= 0.6 is 0 Å². The van der Waals surface area contributed by atoms with Gasteiger partial charge in [0.2, 0.25) is 0 Å². The Bertz CT molecular complexity index is 142. The minimum atomic E-state index is 0.199. The van der Waals surface area contributed by atoms with Gasteiger partial charge in [0.1, 0.15) is 0 Å². The molecule has 2 unspecified atom stereocenters. The summed E-state index contributed by atoms with van der Waals surface area (Å²) in [5.41, 5.74) is 0.199. The first-order chi connectivity index (χ1) is 5.16. The second-order valence-electron chi connectivity index (χ2n) is 4.00. The Morgan fingerprint density at radius 3 is 3.00 bits per heavy atom. The van der Waals surface area contributed by atoms with Gasteiger partial charge in [0.05, 0.1) is 0 Å². The third kappa shape index (κ3) is 2.33. The fourth-order valence-corrected chi connectivity index (χ4v) is 1.59. The molecule has 0 aliphatic carbocycles. The largest absolute Gasteiger partial charge is 0.308 e. The number of hydrogen-bond acceptors (Lipinski definition) is 1. The highest BCUT2D eigenvalue weighted by molar-refractivity contribution is 5.00. The molecule has 0 aromatic carbocycles. The van der Waals surface area contributed by atoms with E-state index >= 15 is 0 Å². The van der Waals surface area contributed by atoms with Crippen LogP contribution in [0.3, 0.4) is 0 Å². The van der Waals surface area contributed by atoms with Crippen molar-refractivity contribution in [2.45, 2.75) is 38.6 Å². The smallest absolute Gasteiger partial charge is 0.0333 e. The van der Waals surface area contributed by atoms with E-state index in [9.17, 15) is 0 Å². The van der Waals surface area contributed by atoms with Crippen LogP contribution < -0.4 is 5.32 Å². The van der Waals surface area contributed by atoms with Crippen molar-refractivity contribution in [3.05, 3.63) is 12.7 Å². The van der Waals surface area contributed by atoms with Crippen LogP contribution in [0.15, 0.2) is 12.7 Å². The van der Waals surface area contributed by atoms with E-state index in [1.165, 1.54) is 19.3 Å². The van der Waals surface area contributed by atoms with Gasteiger partial charge in [0.15, 0.2) is 0 Å². The number of hydrogen-bond donors (Lipinski definition) is 1. The molecule has 1 rings (SSSR count). The van der Waals surface area contributed by atoms with E-state index in [1.54, 1.807) is 0 Å². The molecule has 0 saturated carbocycles. The summed E-state index contributed by atoms with van der Waals surface area (Å²) in [5, 5.41) is 3.54. The zero-order valence-electron chi connectivity index (χ0n) is 7.69.